The maximum Gasteiger partial charge on any atom is 0.0113 e. The van der Waals surface area contributed by atoms with Crippen LogP contribution in [0.3, 0.4) is 0 Å². The molecule has 1 heterocycles. The van der Waals surface area contributed by atoms with Gasteiger partial charge in [-0.25, -0.2) is 0 Å². The van der Waals surface area contributed by atoms with Crippen LogP contribution in [0.4, 0.5) is 0 Å². The molecule has 0 radical (unpaired) electrons. The highest BCUT2D eigenvalue weighted by Gasteiger charge is 2.06. The Kier molecular flexibility index (Phi) is 6.96. The monoisotopic (exact) mass is 235 g/mol. The van der Waals surface area contributed by atoms with Gasteiger partial charge in [0.15, 0.2) is 0 Å². The van der Waals surface area contributed by atoms with Crippen molar-refractivity contribution in [2.45, 2.75) is 45.1 Å². The van der Waals surface area contributed by atoms with Crippen LogP contribution in [0.2, 0.25) is 0 Å². The predicted molar refractivity (Wildman–Crippen MR) is 72.8 cm³/mol. The van der Waals surface area contributed by atoms with E-state index in [4.69, 9.17) is 6.42 Å². The predicted octanol–water partition coefficient (Wildman–Crippen LogP) is 3.46. The van der Waals surface area contributed by atoms with Crippen molar-refractivity contribution in [3.8, 4) is 12.3 Å². The first kappa shape index (κ1) is 13.3. The summed E-state index contributed by atoms with van der Waals surface area (Å²) in [5.41, 5.74) is 0. The van der Waals surface area contributed by atoms with E-state index in [1.54, 1.807) is 0 Å². The second-order valence-corrected chi connectivity index (χ2v) is 5.04. The number of thiophene rings is 1. The number of nitrogens with one attached hydrogen (secondary N) is 1. The minimum absolute atomic E-state index is 0.615. The summed E-state index contributed by atoms with van der Waals surface area (Å²) in [7, 11) is 0. The van der Waals surface area contributed by atoms with Gasteiger partial charge in [-0.15, -0.1) is 23.7 Å². The minimum atomic E-state index is 0.615. The molecule has 0 amide bonds. The molecule has 0 fully saturated rings. The molecule has 1 atom stereocenters. The molecule has 0 aliphatic heterocycles. The maximum absolute atomic E-state index is 5.22. The van der Waals surface area contributed by atoms with E-state index in [1.165, 1.54) is 17.7 Å². The van der Waals surface area contributed by atoms with E-state index < -0.39 is 0 Å². The zero-order valence-electron chi connectivity index (χ0n) is 10.0. The lowest BCUT2D eigenvalue weighted by atomic mass is 10.1. The fourth-order valence-corrected chi connectivity index (χ4v) is 2.48. The van der Waals surface area contributed by atoms with E-state index in [1.807, 2.05) is 11.3 Å². The van der Waals surface area contributed by atoms with Crippen molar-refractivity contribution in [3.05, 3.63) is 22.4 Å². The highest BCUT2D eigenvalue weighted by molar-refractivity contribution is 7.09. The van der Waals surface area contributed by atoms with Crippen LogP contribution in [0.25, 0.3) is 0 Å². The Hall–Kier alpha value is -0.780. The smallest absolute Gasteiger partial charge is 0.0113 e. The van der Waals surface area contributed by atoms with Gasteiger partial charge >= 0.3 is 0 Å². The van der Waals surface area contributed by atoms with Crippen molar-refractivity contribution in [2.75, 3.05) is 6.54 Å². The average Bonchev–Trinajstić information content (AvgIpc) is 2.80. The molecule has 1 nitrogen and oxygen atoms in total. The van der Waals surface area contributed by atoms with Gasteiger partial charge in [-0.2, -0.15) is 0 Å². The van der Waals surface area contributed by atoms with Gasteiger partial charge in [-0.05, 0) is 43.7 Å². The third-order valence-corrected chi connectivity index (χ3v) is 3.60. The summed E-state index contributed by atoms with van der Waals surface area (Å²) in [6, 6.07) is 4.96. The number of hydrogen-bond donors (Lipinski definition) is 1. The van der Waals surface area contributed by atoms with Crippen LogP contribution in [0.1, 0.15) is 37.5 Å². The summed E-state index contributed by atoms with van der Waals surface area (Å²) in [4.78, 5) is 1.47. The summed E-state index contributed by atoms with van der Waals surface area (Å²) in [5, 5.41) is 5.75. The number of rotatable bonds is 8. The molecule has 1 aromatic heterocycles. The van der Waals surface area contributed by atoms with Gasteiger partial charge < -0.3 is 5.32 Å². The Bertz CT molecular complexity index is 297. The molecule has 0 saturated heterocycles. The zero-order valence-corrected chi connectivity index (χ0v) is 10.9. The molecular weight excluding hydrogens is 214 g/mol. The topological polar surface area (TPSA) is 12.0 Å². The van der Waals surface area contributed by atoms with Crippen molar-refractivity contribution < 1.29 is 0 Å². The van der Waals surface area contributed by atoms with Crippen molar-refractivity contribution in [1.29, 1.82) is 0 Å². The van der Waals surface area contributed by atoms with Gasteiger partial charge in [0.2, 0.25) is 0 Å². The second-order valence-electron chi connectivity index (χ2n) is 4.00. The van der Waals surface area contributed by atoms with Crippen LogP contribution in [0, 0.1) is 12.3 Å². The first-order chi connectivity index (χ1) is 7.86. The summed E-state index contributed by atoms with van der Waals surface area (Å²) in [5.74, 6) is 2.68. The molecule has 1 N–H and O–H groups in total. The molecule has 0 spiro atoms. The third-order valence-electron chi connectivity index (χ3n) is 2.70. The number of terminal acetylenes is 1. The quantitative estimate of drug-likeness (QED) is 0.537. The first-order valence-corrected chi connectivity index (χ1v) is 6.94. The standard InChI is InChI=1S/C14H21NS/c1-3-5-6-7-10-15-13(4-2)12-14-9-8-11-16-14/h1,8-9,11,13,15H,4-7,10,12H2,2H3. The molecule has 0 bridgehead atoms. The summed E-state index contributed by atoms with van der Waals surface area (Å²) < 4.78 is 0. The van der Waals surface area contributed by atoms with Crippen molar-refractivity contribution >= 4 is 11.3 Å². The third kappa shape index (κ3) is 5.34. The lowest BCUT2D eigenvalue weighted by Gasteiger charge is -2.15. The van der Waals surface area contributed by atoms with Crippen LogP contribution in [-0.2, 0) is 6.42 Å². The van der Waals surface area contributed by atoms with E-state index in [-0.39, 0.29) is 0 Å². The van der Waals surface area contributed by atoms with E-state index in [0.717, 1.165) is 25.8 Å². The van der Waals surface area contributed by atoms with Gasteiger partial charge in [0, 0.05) is 17.3 Å². The highest BCUT2D eigenvalue weighted by Crippen LogP contribution is 2.12. The molecule has 1 aromatic rings. The summed E-state index contributed by atoms with van der Waals surface area (Å²) >= 11 is 1.85. The van der Waals surface area contributed by atoms with Crippen LogP contribution in [-0.4, -0.2) is 12.6 Å². The van der Waals surface area contributed by atoms with Gasteiger partial charge in [-0.1, -0.05) is 13.0 Å². The molecule has 1 unspecified atom stereocenters. The molecule has 0 aliphatic rings. The second kappa shape index (κ2) is 8.38. The molecule has 2 heteroatoms. The molecule has 0 aromatic carbocycles. The normalized spacial score (nSPS) is 12.2. The van der Waals surface area contributed by atoms with Gasteiger partial charge in [-0.3, -0.25) is 0 Å². The highest BCUT2D eigenvalue weighted by atomic mass is 32.1. The fraction of sp³-hybridized carbons (Fsp3) is 0.571. The van der Waals surface area contributed by atoms with Gasteiger partial charge in [0.05, 0.1) is 0 Å². The van der Waals surface area contributed by atoms with Gasteiger partial charge in [0.1, 0.15) is 0 Å². The van der Waals surface area contributed by atoms with Crippen molar-refractivity contribution in [2.24, 2.45) is 0 Å². The van der Waals surface area contributed by atoms with E-state index in [0.29, 0.717) is 6.04 Å². The summed E-state index contributed by atoms with van der Waals surface area (Å²) in [6.07, 6.45) is 10.8. The fourth-order valence-electron chi connectivity index (χ4n) is 1.69. The molecule has 88 valence electrons. The van der Waals surface area contributed by atoms with E-state index in [2.05, 4.69) is 35.7 Å². The Morgan fingerprint density at radius 1 is 1.50 bits per heavy atom. The van der Waals surface area contributed by atoms with Crippen molar-refractivity contribution in [3.63, 3.8) is 0 Å². The van der Waals surface area contributed by atoms with Gasteiger partial charge in [0.25, 0.3) is 0 Å². The van der Waals surface area contributed by atoms with Crippen LogP contribution >= 0.6 is 11.3 Å². The Labute approximate surface area is 103 Å². The number of unbranched alkanes of at least 4 members (excludes halogenated alkanes) is 2. The SMILES string of the molecule is C#CCCCCNC(CC)Cc1cccs1. The lowest BCUT2D eigenvalue weighted by Crippen LogP contribution is -2.31. The molecule has 1 rings (SSSR count). The largest absolute Gasteiger partial charge is 0.314 e. The minimum Gasteiger partial charge on any atom is -0.314 e. The Morgan fingerprint density at radius 2 is 2.38 bits per heavy atom. The molecular formula is C14H21NS. The molecule has 16 heavy (non-hydrogen) atoms. The number of hydrogen-bond acceptors (Lipinski definition) is 2. The average molecular weight is 235 g/mol. The Balaban J connectivity index is 2.15. The summed E-state index contributed by atoms with van der Waals surface area (Å²) in [6.45, 7) is 3.33. The van der Waals surface area contributed by atoms with E-state index in [9.17, 15) is 0 Å². The lowest BCUT2D eigenvalue weighted by molar-refractivity contribution is 0.486. The molecule has 0 aliphatic carbocycles. The van der Waals surface area contributed by atoms with E-state index >= 15 is 0 Å². The van der Waals surface area contributed by atoms with Crippen molar-refractivity contribution in [1.82, 2.24) is 5.32 Å². The first-order valence-electron chi connectivity index (χ1n) is 6.06. The van der Waals surface area contributed by atoms with Crippen LogP contribution in [0.15, 0.2) is 17.5 Å². The molecule has 0 saturated carbocycles. The Morgan fingerprint density at radius 3 is 3.00 bits per heavy atom. The van der Waals surface area contributed by atoms with Crippen LogP contribution < -0.4 is 5.32 Å². The zero-order chi connectivity index (χ0) is 11.6. The maximum atomic E-state index is 5.22. The van der Waals surface area contributed by atoms with Crippen LogP contribution in [0.5, 0.6) is 0 Å².